The Balaban J connectivity index is 1.23. The van der Waals surface area contributed by atoms with E-state index in [1.807, 2.05) is 0 Å². The molecule has 2 amide bonds. The highest BCUT2D eigenvalue weighted by Gasteiger charge is 2.67. The summed E-state index contributed by atoms with van der Waals surface area (Å²) in [7, 11) is 0. The zero-order valence-electron chi connectivity index (χ0n) is 16.1. The number of alkyl halides is 3. The van der Waals surface area contributed by atoms with Crippen LogP contribution in [0.2, 0.25) is 0 Å². The summed E-state index contributed by atoms with van der Waals surface area (Å²) in [5.41, 5.74) is -0.496. The molecule has 2 bridgehead atoms. The van der Waals surface area contributed by atoms with Crippen LogP contribution in [0.15, 0.2) is 58.1 Å². The lowest BCUT2D eigenvalue weighted by molar-refractivity contribution is -0.140. The van der Waals surface area contributed by atoms with Gasteiger partial charge >= 0.3 is 6.18 Å². The van der Waals surface area contributed by atoms with Crippen molar-refractivity contribution in [2.45, 2.75) is 12.6 Å². The van der Waals surface area contributed by atoms with E-state index in [2.05, 4.69) is 17.3 Å². The van der Waals surface area contributed by atoms with Gasteiger partial charge < -0.3 is 4.42 Å². The molecule has 0 radical (unpaired) electrons. The molecule has 31 heavy (non-hydrogen) atoms. The van der Waals surface area contributed by atoms with Gasteiger partial charge in [-0.1, -0.05) is 24.3 Å². The summed E-state index contributed by atoms with van der Waals surface area (Å²) in [6, 6.07) is 7.89. The molecule has 1 saturated heterocycles. The van der Waals surface area contributed by atoms with E-state index in [4.69, 9.17) is 4.42 Å². The molecule has 1 aromatic carbocycles. The van der Waals surface area contributed by atoms with Crippen molar-refractivity contribution in [2.75, 3.05) is 0 Å². The van der Waals surface area contributed by atoms with Crippen LogP contribution in [0.4, 0.5) is 13.2 Å². The standard InChI is InChI=1S/C23H17F3N2O3/c24-23(25,26)12-3-1-2-11(8-12)18-7-4-13(31-18)10-27-28-21(29)19-14-5-6-15(17-9-16(14)17)20(19)22(28)30/h1-8,10,14-17,19-20H,9H2/b27-10-/t14-,15-,16-,17+,19-,20+/m1/s1. The molecule has 6 atom stereocenters. The number of rotatable bonds is 3. The normalized spacial score (nSPS) is 33.3. The molecule has 4 aliphatic carbocycles. The van der Waals surface area contributed by atoms with Crippen molar-refractivity contribution in [1.82, 2.24) is 5.01 Å². The first kappa shape index (κ1) is 18.6. The van der Waals surface area contributed by atoms with Gasteiger partial charge in [0.05, 0.1) is 23.6 Å². The van der Waals surface area contributed by atoms with E-state index in [9.17, 15) is 22.8 Å². The van der Waals surface area contributed by atoms with Crippen molar-refractivity contribution in [3.05, 3.63) is 59.9 Å². The molecular weight excluding hydrogens is 409 g/mol. The first-order chi connectivity index (χ1) is 14.8. The number of halogens is 3. The van der Waals surface area contributed by atoms with E-state index < -0.39 is 11.7 Å². The molecule has 5 nitrogen and oxygen atoms in total. The van der Waals surface area contributed by atoms with E-state index in [1.165, 1.54) is 30.5 Å². The van der Waals surface area contributed by atoms with Gasteiger partial charge in [-0.2, -0.15) is 23.3 Å². The maximum atomic E-state index is 12.9. The SMILES string of the molecule is O=C1[C@@H]2[C@@H]3C=C[C@H]([C@@H]4C[C@H]34)[C@@H]2C(=O)N1/N=C\c1ccc(-c2cccc(C(F)(F)F)c2)o1. The van der Waals surface area contributed by atoms with Gasteiger partial charge in [-0.15, -0.1) is 0 Å². The Bertz CT molecular complexity index is 1130. The Morgan fingerprint density at radius 1 is 1.00 bits per heavy atom. The highest BCUT2D eigenvalue weighted by molar-refractivity contribution is 6.06. The van der Waals surface area contributed by atoms with E-state index in [0.29, 0.717) is 11.8 Å². The lowest BCUT2D eigenvalue weighted by Gasteiger charge is -2.37. The number of hydrogen-bond donors (Lipinski definition) is 0. The second-order valence-corrected chi connectivity index (χ2v) is 8.67. The zero-order valence-corrected chi connectivity index (χ0v) is 16.1. The van der Waals surface area contributed by atoms with E-state index >= 15 is 0 Å². The number of hydrogen-bond acceptors (Lipinski definition) is 4. The van der Waals surface area contributed by atoms with Crippen molar-refractivity contribution in [2.24, 2.45) is 40.6 Å². The summed E-state index contributed by atoms with van der Waals surface area (Å²) in [5.74, 6) is 0.520. The fourth-order valence-corrected chi connectivity index (χ4v) is 5.60. The molecule has 0 N–H and O–H groups in total. The third kappa shape index (κ3) is 2.73. The number of carbonyl (C=O) groups excluding carboxylic acids is 2. The van der Waals surface area contributed by atoms with Crippen molar-refractivity contribution < 1.29 is 27.2 Å². The summed E-state index contributed by atoms with van der Waals surface area (Å²) in [5, 5.41) is 5.03. The maximum Gasteiger partial charge on any atom is 0.416 e. The van der Waals surface area contributed by atoms with Crippen molar-refractivity contribution >= 4 is 18.0 Å². The smallest absolute Gasteiger partial charge is 0.416 e. The van der Waals surface area contributed by atoms with Gasteiger partial charge in [-0.3, -0.25) is 9.59 Å². The predicted octanol–water partition coefficient (Wildman–Crippen LogP) is 4.35. The summed E-state index contributed by atoms with van der Waals surface area (Å²) >= 11 is 0. The quantitative estimate of drug-likeness (QED) is 0.416. The third-order valence-electron chi connectivity index (χ3n) is 7.04. The second-order valence-electron chi connectivity index (χ2n) is 8.67. The van der Waals surface area contributed by atoms with Gasteiger partial charge in [0.15, 0.2) is 0 Å². The Labute approximate surface area is 175 Å². The molecule has 1 aliphatic heterocycles. The number of allylic oxidation sites excluding steroid dienone is 2. The van der Waals surface area contributed by atoms with Crippen LogP contribution in [0.3, 0.4) is 0 Å². The number of imide groups is 1. The van der Waals surface area contributed by atoms with E-state index in [-0.39, 0.29) is 52.6 Å². The van der Waals surface area contributed by atoms with Crippen LogP contribution in [0.25, 0.3) is 11.3 Å². The lowest BCUT2D eigenvalue weighted by atomic mass is 9.63. The van der Waals surface area contributed by atoms with Gasteiger partial charge in [0.25, 0.3) is 11.8 Å². The third-order valence-corrected chi connectivity index (χ3v) is 7.04. The monoisotopic (exact) mass is 426 g/mol. The molecule has 1 aromatic heterocycles. The van der Waals surface area contributed by atoms with Gasteiger partial charge in [0.1, 0.15) is 11.5 Å². The molecule has 0 spiro atoms. The van der Waals surface area contributed by atoms with Crippen LogP contribution in [0, 0.1) is 35.5 Å². The van der Waals surface area contributed by atoms with Crippen LogP contribution >= 0.6 is 0 Å². The largest absolute Gasteiger partial charge is 0.455 e. The first-order valence-corrected chi connectivity index (χ1v) is 10.2. The van der Waals surface area contributed by atoms with Crippen LogP contribution in [-0.4, -0.2) is 23.0 Å². The maximum absolute atomic E-state index is 12.9. The fraction of sp³-hybridized carbons (Fsp3) is 0.348. The van der Waals surface area contributed by atoms with E-state index in [0.717, 1.165) is 23.6 Å². The molecule has 3 fully saturated rings. The highest BCUT2D eigenvalue weighted by Crippen LogP contribution is 2.65. The number of furan rings is 1. The Hall–Kier alpha value is -3.16. The predicted molar refractivity (Wildman–Crippen MR) is 103 cm³/mol. The van der Waals surface area contributed by atoms with Crippen molar-refractivity contribution in [3.8, 4) is 11.3 Å². The van der Waals surface area contributed by atoms with Crippen LogP contribution in [0.5, 0.6) is 0 Å². The molecule has 2 aromatic rings. The van der Waals surface area contributed by atoms with Crippen LogP contribution in [-0.2, 0) is 15.8 Å². The molecular formula is C23H17F3N2O3. The van der Waals surface area contributed by atoms with Gasteiger partial charge in [0.2, 0.25) is 0 Å². The average Bonchev–Trinajstić information content (AvgIpc) is 3.38. The molecule has 5 aliphatic rings. The van der Waals surface area contributed by atoms with Crippen LogP contribution in [0.1, 0.15) is 17.7 Å². The number of carbonyl (C=O) groups is 2. The minimum Gasteiger partial charge on any atom is -0.455 e. The fourth-order valence-electron chi connectivity index (χ4n) is 5.60. The topological polar surface area (TPSA) is 62.9 Å². The minimum absolute atomic E-state index is 0.118. The van der Waals surface area contributed by atoms with Gasteiger partial charge in [-0.05, 0) is 54.4 Å². The first-order valence-electron chi connectivity index (χ1n) is 10.2. The van der Waals surface area contributed by atoms with Crippen molar-refractivity contribution in [3.63, 3.8) is 0 Å². The average molecular weight is 426 g/mol. The zero-order chi connectivity index (χ0) is 21.5. The Kier molecular flexibility index (Phi) is 3.71. The van der Waals surface area contributed by atoms with Crippen molar-refractivity contribution in [1.29, 1.82) is 0 Å². The molecule has 2 saturated carbocycles. The molecule has 0 unspecified atom stereocenters. The minimum atomic E-state index is -4.45. The second kappa shape index (κ2) is 6.18. The summed E-state index contributed by atoms with van der Waals surface area (Å²) < 4.78 is 44.4. The van der Waals surface area contributed by atoms with Gasteiger partial charge in [-0.25, -0.2) is 0 Å². The lowest BCUT2D eigenvalue weighted by Crippen LogP contribution is -2.40. The molecule has 7 rings (SSSR count). The summed E-state index contributed by atoms with van der Waals surface area (Å²) in [6.07, 6.45) is 2.08. The number of amides is 2. The summed E-state index contributed by atoms with van der Waals surface area (Å²) in [6.45, 7) is 0. The highest BCUT2D eigenvalue weighted by atomic mass is 19.4. The molecule has 8 heteroatoms. The Morgan fingerprint density at radius 3 is 2.32 bits per heavy atom. The number of benzene rings is 1. The molecule has 158 valence electrons. The summed E-state index contributed by atoms with van der Waals surface area (Å²) in [4.78, 5) is 25.8. The molecule has 2 heterocycles. The van der Waals surface area contributed by atoms with Crippen LogP contribution < -0.4 is 0 Å². The Morgan fingerprint density at radius 2 is 1.68 bits per heavy atom. The number of nitrogens with zero attached hydrogens (tertiary/aromatic N) is 2. The van der Waals surface area contributed by atoms with E-state index in [1.54, 1.807) is 0 Å². The number of hydrazone groups is 1. The van der Waals surface area contributed by atoms with Gasteiger partial charge in [0, 0.05) is 5.56 Å².